The second-order valence-corrected chi connectivity index (χ2v) is 12.9. The fraction of sp³-hybridized carbons (Fsp3) is 0.257. The van der Waals surface area contributed by atoms with Crippen LogP contribution in [0.25, 0.3) is 0 Å². The van der Waals surface area contributed by atoms with E-state index < -0.39 is 28.5 Å². The largest absolute Gasteiger partial charge is 0.354 e. The van der Waals surface area contributed by atoms with Crippen molar-refractivity contribution >= 4 is 39.1 Å². The normalized spacial score (nSPS) is 11.9. The number of rotatable bonds is 13. The number of hydrogen-bond acceptors (Lipinski definition) is 4. The van der Waals surface area contributed by atoms with Gasteiger partial charge in [0.2, 0.25) is 11.8 Å². The van der Waals surface area contributed by atoms with E-state index in [2.05, 4.69) is 5.32 Å². The molecule has 0 aliphatic carbocycles. The zero-order valence-corrected chi connectivity index (χ0v) is 26.8. The van der Waals surface area contributed by atoms with Gasteiger partial charge in [0.15, 0.2) is 0 Å². The van der Waals surface area contributed by atoms with Gasteiger partial charge in [-0.25, -0.2) is 8.42 Å². The smallest absolute Gasteiger partial charge is 0.264 e. The summed E-state index contributed by atoms with van der Waals surface area (Å²) in [5.41, 5.74) is 3.51. The first-order valence-corrected chi connectivity index (χ1v) is 16.4. The van der Waals surface area contributed by atoms with E-state index >= 15 is 0 Å². The predicted octanol–water partition coefficient (Wildman–Crippen LogP) is 6.32. The summed E-state index contributed by atoms with van der Waals surface area (Å²) in [6.45, 7) is 5.67. The molecule has 0 aliphatic rings. The molecule has 44 heavy (non-hydrogen) atoms. The zero-order valence-electron chi connectivity index (χ0n) is 25.2. The van der Waals surface area contributed by atoms with Crippen molar-refractivity contribution < 1.29 is 18.0 Å². The Morgan fingerprint density at radius 2 is 1.48 bits per heavy atom. The summed E-state index contributed by atoms with van der Waals surface area (Å²) in [6, 6.07) is 29.2. The molecule has 0 aliphatic heterocycles. The summed E-state index contributed by atoms with van der Waals surface area (Å²) in [7, 11) is -4.20. The molecule has 0 aromatic heterocycles. The van der Waals surface area contributed by atoms with E-state index in [1.54, 1.807) is 43.3 Å². The fourth-order valence-electron chi connectivity index (χ4n) is 4.99. The lowest BCUT2D eigenvalue weighted by molar-refractivity contribution is -0.140. The lowest BCUT2D eigenvalue weighted by atomic mass is 10.0. The van der Waals surface area contributed by atoms with Crippen LogP contribution in [-0.4, -0.2) is 44.3 Å². The van der Waals surface area contributed by atoms with Gasteiger partial charge >= 0.3 is 0 Å². The number of amides is 2. The third-order valence-corrected chi connectivity index (χ3v) is 9.72. The van der Waals surface area contributed by atoms with E-state index in [9.17, 15) is 18.0 Å². The quantitative estimate of drug-likeness (QED) is 0.187. The lowest BCUT2D eigenvalue weighted by Crippen LogP contribution is -2.53. The molecule has 4 aromatic carbocycles. The molecule has 0 saturated heterocycles. The number of carbonyl (C=O) groups is 2. The van der Waals surface area contributed by atoms with Crippen molar-refractivity contribution in [1.82, 2.24) is 10.2 Å². The Kier molecular flexibility index (Phi) is 11.2. The number of aryl methyl sites for hydroxylation is 1. The molecule has 0 spiro atoms. The van der Waals surface area contributed by atoms with E-state index in [1.165, 1.54) is 17.0 Å². The summed E-state index contributed by atoms with van der Waals surface area (Å²) in [5.74, 6) is -0.811. The Morgan fingerprint density at radius 3 is 2.14 bits per heavy atom. The fourth-order valence-corrected chi connectivity index (χ4v) is 6.65. The van der Waals surface area contributed by atoms with E-state index in [0.29, 0.717) is 22.8 Å². The van der Waals surface area contributed by atoms with Gasteiger partial charge < -0.3 is 10.2 Å². The van der Waals surface area contributed by atoms with Crippen LogP contribution in [0.2, 0.25) is 5.02 Å². The first-order chi connectivity index (χ1) is 21.1. The van der Waals surface area contributed by atoms with Crippen molar-refractivity contribution in [3.05, 3.63) is 130 Å². The minimum atomic E-state index is -4.20. The van der Waals surface area contributed by atoms with E-state index in [-0.39, 0.29) is 23.8 Å². The van der Waals surface area contributed by atoms with E-state index in [4.69, 9.17) is 11.6 Å². The van der Waals surface area contributed by atoms with Gasteiger partial charge in [-0.2, -0.15) is 0 Å². The Bertz CT molecular complexity index is 1680. The summed E-state index contributed by atoms with van der Waals surface area (Å²) in [5, 5.41) is 3.34. The van der Waals surface area contributed by atoms with Crippen LogP contribution >= 0.6 is 11.6 Å². The third-order valence-electron chi connectivity index (χ3n) is 7.54. The second kappa shape index (κ2) is 15.0. The SMILES string of the molecule is CCCNC(=O)C(Cc1ccccc1)N(Cc1ccccc1C)C(=O)CN(c1cccc(Cl)c1C)S(=O)(=O)c1ccccc1. The monoisotopic (exact) mass is 631 g/mol. The molecule has 1 N–H and O–H groups in total. The van der Waals surface area contributed by atoms with Gasteiger partial charge in [0.05, 0.1) is 10.6 Å². The van der Waals surface area contributed by atoms with Crippen molar-refractivity contribution in [1.29, 1.82) is 0 Å². The summed E-state index contributed by atoms with van der Waals surface area (Å²) in [4.78, 5) is 29.8. The summed E-state index contributed by atoms with van der Waals surface area (Å²) in [6.07, 6.45) is 0.988. The van der Waals surface area contributed by atoms with Gasteiger partial charge in [-0.1, -0.05) is 97.4 Å². The first kappa shape index (κ1) is 32.8. The van der Waals surface area contributed by atoms with Gasteiger partial charge in [0, 0.05) is 24.5 Å². The molecule has 0 saturated carbocycles. The van der Waals surface area contributed by atoms with Gasteiger partial charge in [-0.15, -0.1) is 0 Å². The highest BCUT2D eigenvalue weighted by molar-refractivity contribution is 7.92. The molecule has 1 unspecified atom stereocenters. The van der Waals surface area contributed by atoms with Crippen LogP contribution in [0.4, 0.5) is 5.69 Å². The highest BCUT2D eigenvalue weighted by Crippen LogP contribution is 2.31. The predicted molar refractivity (Wildman–Crippen MR) is 176 cm³/mol. The molecule has 0 bridgehead atoms. The molecule has 2 amide bonds. The molecular weight excluding hydrogens is 594 g/mol. The number of benzene rings is 4. The van der Waals surface area contributed by atoms with Crippen LogP contribution in [0.5, 0.6) is 0 Å². The number of nitrogens with zero attached hydrogens (tertiary/aromatic N) is 2. The van der Waals surface area contributed by atoms with Crippen LogP contribution in [-0.2, 0) is 32.6 Å². The van der Waals surface area contributed by atoms with Gasteiger partial charge in [0.25, 0.3) is 10.0 Å². The summed E-state index contributed by atoms with van der Waals surface area (Å²) >= 11 is 6.44. The standard InChI is InChI=1S/C35H38ClN3O4S/c1-4-22-37-35(41)33(23-28-15-7-5-8-16-28)38(24-29-17-12-11-14-26(29)2)34(40)25-39(32-21-13-20-31(36)27(32)3)44(42,43)30-18-9-6-10-19-30/h5-21,33H,4,22-25H2,1-3H3,(H,37,41). The van der Waals surface area contributed by atoms with Crippen LogP contribution in [0.3, 0.4) is 0 Å². The number of halogens is 1. The molecule has 0 fully saturated rings. The minimum Gasteiger partial charge on any atom is -0.354 e. The Morgan fingerprint density at radius 1 is 0.841 bits per heavy atom. The van der Waals surface area contributed by atoms with Gasteiger partial charge in [-0.05, 0) is 66.8 Å². The summed E-state index contributed by atoms with van der Waals surface area (Å²) < 4.78 is 29.4. The van der Waals surface area contributed by atoms with Gasteiger partial charge in [0.1, 0.15) is 12.6 Å². The molecule has 7 nitrogen and oxygen atoms in total. The van der Waals surface area contributed by atoms with Crippen LogP contribution in [0.1, 0.15) is 35.6 Å². The second-order valence-electron chi connectivity index (χ2n) is 10.7. The molecule has 9 heteroatoms. The lowest BCUT2D eigenvalue weighted by Gasteiger charge is -2.34. The first-order valence-electron chi connectivity index (χ1n) is 14.6. The number of sulfonamides is 1. The molecular formula is C35H38ClN3O4S. The van der Waals surface area contributed by atoms with E-state index in [0.717, 1.165) is 27.4 Å². The van der Waals surface area contributed by atoms with Crippen LogP contribution in [0, 0.1) is 13.8 Å². The van der Waals surface area contributed by atoms with Crippen molar-refractivity contribution in [2.45, 2.75) is 51.1 Å². The third kappa shape index (κ3) is 7.87. The average Bonchev–Trinajstić information content (AvgIpc) is 3.03. The Balaban J connectivity index is 1.83. The molecule has 0 radical (unpaired) electrons. The Labute approximate surface area is 265 Å². The van der Waals surface area contributed by atoms with Crippen LogP contribution in [0.15, 0.2) is 108 Å². The topological polar surface area (TPSA) is 86.8 Å². The number of hydrogen-bond donors (Lipinski definition) is 1. The molecule has 230 valence electrons. The highest BCUT2D eigenvalue weighted by atomic mass is 35.5. The van der Waals surface area contributed by atoms with Crippen molar-refractivity contribution in [2.24, 2.45) is 0 Å². The van der Waals surface area contributed by atoms with Crippen molar-refractivity contribution in [3.63, 3.8) is 0 Å². The Hall–Kier alpha value is -4.14. The molecule has 0 heterocycles. The molecule has 1 atom stereocenters. The van der Waals surface area contributed by atoms with Gasteiger partial charge in [-0.3, -0.25) is 13.9 Å². The van der Waals surface area contributed by atoms with Crippen molar-refractivity contribution in [3.8, 4) is 0 Å². The highest BCUT2D eigenvalue weighted by Gasteiger charge is 2.35. The maximum atomic E-state index is 14.5. The maximum Gasteiger partial charge on any atom is 0.264 e. The van der Waals surface area contributed by atoms with Crippen molar-refractivity contribution in [2.75, 3.05) is 17.4 Å². The van der Waals surface area contributed by atoms with Crippen LogP contribution < -0.4 is 9.62 Å². The molecule has 4 aromatic rings. The molecule has 4 rings (SSSR count). The number of carbonyl (C=O) groups excluding carboxylic acids is 2. The number of anilines is 1. The average molecular weight is 632 g/mol. The van der Waals surface area contributed by atoms with E-state index in [1.807, 2.05) is 68.4 Å². The zero-order chi connectivity index (χ0) is 31.7. The minimum absolute atomic E-state index is 0.0409. The maximum absolute atomic E-state index is 14.5. The number of nitrogens with one attached hydrogen (secondary N) is 1.